The molecule has 1 aliphatic rings. The molecule has 4 nitrogen and oxygen atoms in total. The highest BCUT2D eigenvalue weighted by molar-refractivity contribution is 9.10. The van der Waals surface area contributed by atoms with Gasteiger partial charge in [0.15, 0.2) is 5.84 Å². The minimum Gasteiger partial charge on any atom is -0.409 e. The summed E-state index contributed by atoms with van der Waals surface area (Å²) in [4.78, 5) is 3.78. The van der Waals surface area contributed by atoms with Gasteiger partial charge >= 0.3 is 0 Å². The molecule has 0 atom stereocenters. The molecule has 110 valence electrons. The summed E-state index contributed by atoms with van der Waals surface area (Å²) >= 11 is 5.29. The number of amidine groups is 1. The largest absolute Gasteiger partial charge is 0.409 e. The number of benzene rings is 1. The zero-order chi connectivity index (χ0) is 14.8. The Morgan fingerprint density at radius 1 is 1.43 bits per heavy atom. The topological polar surface area (TPSA) is 61.9 Å². The van der Waals surface area contributed by atoms with E-state index in [-0.39, 0.29) is 5.84 Å². The van der Waals surface area contributed by atoms with Crippen LogP contribution in [0.25, 0.3) is 0 Å². The maximum Gasteiger partial charge on any atom is 0.171 e. The lowest BCUT2D eigenvalue weighted by Crippen LogP contribution is -2.24. The molecule has 0 spiro atoms. The molecule has 1 fully saturated rings. The molecular weight excluding hydrogens is 350 g/mol. The molecule has 0 unspecified atom stereocenters. The van der Waals surface area contributed by atoms with Crippen molar-refractivity contribution in [3.63, 3.8) is 0 Å². The van der Waals surface area contributed by atoms with E-state index in [1.54, 1.807) is 11.3 Å². The zero-order valence-corrected chi connectivity index (χ0v) is 13.8. The molecule has 1 aromatic heterocycles. The monoisotopic (exact) mass is 365 g/mol. The summed E-state index contributed by atoms with van der Waals surface area (Å²) in [5.74, 6) is 0.115. The van der Waals surface area contributed by atoms with Crippen molar-refractivity contribution in [2.45, 2.75) is 25.4 Å². The minimum absolute atomic E-state index is 0.115. The van der Waals surface area contributed by atoms with Crippen LogP contribution in [0, 0.1) is 0 Å². The Labute approximate surface area is 136 Å². The van der Waals surface area contributed by atoms with E-state index in [1.807, 2.05) is 18.2 Å². The summed E-state index contributed by atoms with van der Waals surface area (Å²) in [6.45, 7) is 0.928. The third-order valence-electron chi connectivity index (χ3n) is 3.56. The average molecular weight is 366 g/mol. The SMILES string of the molecule is N/C(=N/O)c1ccc(N(Cc2cccs2)C2CC2)cc1Br. The number of anilines is 1. The quantitative estimate of drug-likeness (QED) is 0.366. The number of halogens is 1. The van der Waals surface area contributed by atoms with Gasteiger partial charge in [-0.1, -0.05) is 11.2 Å². The Bertz CT molecular complexity index is 653. The first kappa shape index (κ1) is 14.4. The fourth-order valence-corrected chi connectivity index (χ4v) is 3.60. The van der Waals surface area contributed by atoms with Crippen molar-refractivity contribution >= 4 is 38.8 Å². The number of hydrogen-bond acceptors (Lipinski definition) is 4. The number of thiophene rings is 1. The molecule has 0 radical (unpaired) electrons. The molecule has 3 rings (SSSR count). The Hall–Kier alpha value is -1.53. The van der Waals surface area contributed by atoms with Crippen LogP contribution in [-0.2, 0) is 6.54 Å². The fraction of sp³-hybridized carbons (Fsp3) is 0.267. The van der Waals surface area contributed by atoms with Crippen molar-refractivity contribution in [2.24, 2.45) is 10.9 Å². The van der Waals surface area contributed by atoms with E-state index in [2.05, 4.69) is 43.5 Å². The predicted molar refractivity (Wildman–Crippen MR) is 90.2 cm³/mol. The van der Waals surface area contributed by atoms with Crippen molar-refractivity contribution in [1.29, 1.82) is 0 Å². The predicted octanol–water partition coefficient (Wildman–Crippen LogP) is 3.77. The molecule has 21 heavy (non-hydrogen) atoms. The van der Waals surface area contributed by atoms with Gasteiger partial charge in [-0.3, -0.25) is 0 Å². The minimum atomic E-state index is 0.115. The van der Waals surface area contributed by atoms with Gasteiger partial charge < -0.3 is 15.8 Å². The zero-order valence-electron chi connectivity index (χ0n) is 11.4. The second kappa shape index (κ2) is 6.07. The van der Waals surface area contributed by atoms with Gasteiger partial charge in [0, 0.05) is 26.6 Å². The molecule has 0 saturated heterocycles. The summed E-state index contributed by atoms with van der Waals surface area (Å²) in [6.07, 6.45) is 2.48. The van der Waals surface area contributed by atoms with E-state index in [0.717, 1.165) is 16.7 Å². The molecule has 1 heterocycles. The molecule has 0 aliphatic heterocycles. The van der Waals surface area contributed by atoms with Crippen LogP contribution in [0.3, 0.4) is 0 Å². The van der Waals surface area contributed by atoms with Crippen molar-refractivity contribution in [1.82, 2.24) is 0 Å². The van der Waals surface area contributed by atoms with Crippen LogP contribution in [0.15, 0.2) is 45.3 Å². The summed E-state index contributed by atoms with van der Waals surface area (Å²) in [5.41, 5.74) is 7.52. The van der Waals surface area contributed by atoms with Gasteiger partial charge in [-0.25, -0.2) is 0 Å². The number of rotatable bonds is 5. The van der Waals surface area contributed by atoms with E-state index in [4.69, 9.17) is 10.9 Å². The highest BCUT2D eigenvalue weighted by Crippen LogP contribution is 2.35. The van der Waals surface area contributed by atoms with Crippen LogP contribution in [0.4, 0.5) is 5.69 Å². The molecule has 0 bridgehead atoms. The molecule has 6 heteroatoms. The Morgan fingerprint density at radius 2 is 2.24 bits per heavy atom. The number of nitrogens with zero attached hydrogens (tertiary/aromatic N) is 2. The van der Waals surface area contributed by atoms with Crippen molar-refractivity contribution in [3.05, 3.63) is 50.6 Å². The smallest absolute Gasteiger partial charge is 0.171 e. The normalized spacial score (nSPS) is 15.2. The van der Waals surface area contributed by atoms with Crippen molar-refractivity contribution < 1.29 is 5.21 Å². The molecule has 2 aromatic rings. The first-order valence-corrected chi connectivity index (χ1v) is 8.43. The number of nitrogens with two attached hydrogens (primary N) is 1. The van der Waals surface area contributed by atoms with E-state index in [1.165, 1.54) is 17.7 Å². The number of hydrogen-bond donors (Lipinski definition) is 2. The summed E-state index contributed by atoms with van der Waals surface area (Å²) in [5, 5.41) is 14.0. The highest BCUT2D eigenvalue weighted by atomic mass is 79.9. The van der Waals surface area contributed by atoms with Gasteiger partial charge in [-0.05, 0) is 58.4 Å². The second-order valence-corrected chi connectivity index (χ2v) is 6.97. The molecule has 1 aliphatic carbocycles. The van der Waals surface area contributed by atoms with Crippen LogP contribution in [0.2, 0.25) is 0 Å². The average Bonchev–Trinajstić information content (AvgIpc) is 3.20. The second-order valence-electron chi connectivity index (χ2n) is 5.09. The fourth-order valence-electron chi connectivity index (χ4n) is 2.33. The number of oxime groups is 1. The van der Waals surface area contributed by atoms with E-state index in [0.29, 0.717) is 11.6 Å². The summed E-state index contributed by atoms with van der Waals surface area (Å²) in [6, 6.07) is 10.8. The van der Waals surface area contributed by atoms with E-state index in [9.17, 15) is 0 Å². The first-order chi connectivity index (χ1) is 10.2. The standard InChI is InChI=1S/C15H16BrN3OS/c16-14-8-11(5-6-13(14)15(17)18-20)19(10-3-4-10)9-12-2-1-7-21-12/h1-2,5-8,10,20H,3-4,9H2,(H2,17,18). The van der Waals surface area contributed by atoms with Crippen LogP contribution < -0.4 is 10.6 Å². The molecule has 1 aromatic carbocycles. The van der Waals surface area contributed by atoms with Crippen LogP contribution in [-0.4, -0.2) is 17.1 Å². The van der Waals surface area contributed by atoms with Crippen LogP contribution in [0.5, 0.6) is 0 Å². The van der Waals surface area contributed by atoms with Gasteiger partial charge in [-0.15, -0.1) is 11.3 Å². The molecule has 0 amide bonds. The van der Waals surface area contributed by atoms with Gasteiger partial charge in [-0.2, -0.15) is 0 Å². The molecule has 1 saturated carbocycles. The lowest BCUT2D eigenvalue weighted by atomic mass is 10.1. The first-order valence-electron chi connectivity index (χ1n) is 6.75. The lowest BCUT2D eigenvalue weighted by molar-refractivity contribution is 0.318. The third kappa shape index (κ3) is 3.22. The summed E-state index contributed by atoms with van der Waals surface area (Å²) < 4.78 is 0.840. The summed E-state index contributed by atoms with van der Waals surface area (Å²) in [7, 11) is 0. The van der Waals surface area contributed by atoms with Gasteiger partial charge in [0.05, 0.1) is 6.54 Å². The van der Waals surface area contributed by atoms with Crippen LogP contribution in [0.1, 0.15) is 23.3 Å². The van der Waals surface area contributed by atoms with Gasteiger partial charge in [0.2, 0.25) is 0 Å². The molecular formula is C15H16BrN3OS. The lowest BCUT2D eigenvalue weighted by Gasteiger charge is -2.24. The van der Waals surface area contributed by atoms with Crippen LogP contribution >= 0.6 is 27.3 Å². The van der Waals surface area contributed by atoms with Gasteiger partial charge in [0.25, 0.3) is 0 Å². The van der Waals surface area contributed by atoms with E-state index < -0.39 is 0 Å². The van der Waals surface area contributed by atoms with Crippen molar-refractivity contribution in [3.8, 4) is 0 Å². The van der Waals surface area contributed by atoms with Gasteiger partial charge in [0.1, 0.15) is 0 Å². The maximum absolute atomic E-state index is 8.79. The Morgan fingerprint density at radius 3 is 2.81 bits per heavy atom. The van der Waals surface area contributed by atoms with Crippen molar-refractivity contribution in [2.75, 3.05) is 4.90 Å². The Kier molecular flexibility index (Phi) is 4.17. The highest BCUT2D eigenvalue weighted by Gasteiger charge is 2.29. The molecule has 3 N–H and O–H groups in total. The maximum atomic E-state index is 8.79. The third-order valence-corrected chi connectivity index (χ3v) is 5.08. The van der Waals surface area contributed by atoms with E-state index >= 15 is 0 Å². The Balaban J connectivity index is 1.88.